The van der Waals surface area contributed by atoms with Crippen molar-refractivity contribution in [2.45, 2.75) is 32.4 Å². The van der Waals surface area contributed by atoms with Gasteiger partial charge >= 0.3 is 7.82 Å². The monoisotopic (exact) mass is 518 g/mol. The van der Waals surface area contributed by atoms with Crippen LogP contribution in [0, 0.1) is 18.6 Å². The Kier molecular flexibility index (Phi) is 8.93. The summed E-state index contributed by atoms with van der Waals surface area (Å²) in [7, 11) is -4.71. The average Bonchev–Trinajstić information content (AvgIpc) is 2.81. The van der Waals surface area contributed by atoms with E-state index >= 15 is 0 Å². The fourth-order valence-corrected chi connectivity index (χ4v) is 3.83. The molecule has 0 aliphatic rings. The van der Waals surface area contributed by atoms with E-state index in [9.17, 15) is 22.9 Å². The standard InChI is InChI=1S/C25H25F2N2O6P/c1-16-12-19(6-11-22(16)27)15-28-25(31)23(29-24(30)14-18-2-7-20(26)8-3-18)13-17-4-9-21(10-5-17)35-36(32,33)34/h2-12,23H,13-15H2,1H3,(H,28,31)(H,29,30)(H2,32,33,34)/t23-/m0/s1. The van der Waals surface area contributed by atoms with E-state index in [1.54, 1.807) is 19.1 Å². The van der Waals surface area contributed by atoms with Crippen molar-refractivity contribution in [2.75, 3.05) is 0 Å². The van der Waals surface area contributed by atoms with Crippen molar-refractivity contribution in [2.24, 2.45) is 0 Å². The largest absolute Gasteiger partial charge is 0.524 e. The molecule has 0 saturated heterocycles. The van der Waals surface area contributed by atoms with Crippen molar-refractivity contribution in [3.05, 3.63) is 101 Å². The highest BCUT2D eigenvalue weighted by molar-refractivity contribution is 7.46. The first-order valence-electron chi connectivity index (χ1n) is 10.9. The molecule has 1 atom stereocenters. The lowest BCUT2D eigenvalue weighted by Crippen LogP contribution is -2.48. The van der Waals surface area contributed by atoms with Gasteiger partial charge in [-0.1, -0.05) is 36.4 Å². The van der Waals surface area contributed by atoms with Crippen molar-refractivity contribution in [3.8, 4) is 5.75 Å². The third-order valence-corrected chi connectivity index (χ3v) is 5.65. The first kappa shape index (κ1) is 27.0. The molecule has 0 heterocycles. The number of benzene rings is 3. The maximum absolute atomic E-state index is 13.5. The molecule has 0 bridgehead atoms. The molecule has 0 aliphatic heterocycles. The fourth-order valence-electron chi connectivity index (χ4n) is 3.43. The first-order chi connectivity index (χ1) is 17.0. The van der Waals surface area contributed by atoms with Crippen LogP contribution in [0.1, 0.15) is 22.3 Å². The van der Waals surface area contributed by atoms with Crippen LogP contribution >= 0.6 is 7.82 Å². The van der Waals surface area contributed by atoms with Gasteiger partial charge < -0.3 is 15.2 Å². The van der Waals surface area contributed by atoms with Crippen LogP contribution in [0.3, 0.4) is 0 Å². The van der Waals surface area contributed by atoms with Gasteiger partial charge in [0.1, 0.15) is 23.4 Å². The number of amides is 2. The molecule has 0 aromatic heterocycles. The van der Waals surface area contributed by atoms with Gasteiger partial charge in [-0.3, -0.25) is 19.4 Å². The minimum absolute atomic E-state index is 0.0555. The van der Waals surface area contributed by atoms with Gasteiger partial charge in [-0.15, -0.1) is 0 Å². The normalized spacial score (nSPS) is 12.0. The Labute approximate surface area is 206 Å². The average molecular weight is 518 g/mol. The number of phosphoric ester groups is 1. The lowest BCUT2D eigenvalue weighted by molar-refractivity contribution is -0.128. The molecule has 3 aromatic carbocycles. The Bertz CT molecular complexity index is 1260. The fraction of sp³-hybridized carbons (Fsp3) is 0.200. The van der Waals surface area contributed by atoms with Crippen molar-refractivity contribution in [3.63, 3.8) is 0 Å². The van der Waals surface area contributed by atoms with Crippen LogP contribution in [-0.2, 0) is 33.5 Å². The predicted molar refractivity (Wildman–Crippen MR) is 128 cm³/mol. The molecule has 0 unspecified atom stereocenters. The topological polar surface area (TPSA) is 125 Å². The number of rotatable bonds is 10. The van der Waals surface area contributed by atoms with Gasteiger partial charge in [0, 0.05) is 13.0 Å². The quantitative estimate of drug-likeness (QED) is 0.305. The van der Waals surface area contributed by atoms with Crippen molar-refractivity contribution in [1.82, 2.24) is 10.6 Å². The number of carbonyl (C=O) groups excluding carboxylic acids is 2. The van der Waals surface area contributed by atoms with E-state index in [0.717, 1.165) is 0 Å². The summed E-state index contributed by atoms with van der Waals surface area (Å²) in [5.41, 5.74) is 2.27. The van der Waals surface area contributed by atoms with Gasteiger partial charge in [-0.05, 0) is 59.5 Å². The third-order valence-electron chi connectivity index (χ3n) is 5.21. The Morgan fingerprint density at radius 2 is 1.56 bits per heavy atom. The minimum Gasteiger partial charge on any atom is -0.404 e. The summed E-state index contributed by atoms with van der Waals surface area (Å²) < 4.78 is 42.2. The summed E-state index contributed by atoms with van der Waals surface area (Å²) in [6.45, 7) is 1.72. The molecule has 190 valence electrons. The first-order valence-corrected chi connectivity index (χ1v) is 12.4. The molecule has 36 heavy (non-hydrogen) atoms. The third kappa shape index (κ3) is 8.57. The molecule has 8 nitrogen and oxygen atoms in total. The zero-order valence-corrected chi connectivity index (χ0v) is 20.2. The predicted octanol–water partition coefficient (Wildman–Crippen LogP) is 3.33. The summed E-state index contributed by atoms with van der Waals surface area (Å²) in [6, 6.07) is 14.6. The molecule has 0 aliphatic carbocycles. The van der Waals surface area contributed by atoms with Crippen LogP contribution in [0.25, 0.3) is 0 Å². The summed E-state index contributed by atoms with van der Waals surface area (Å²) in [5, 5.41) is 5.41. The van der Waals surface area contributed by atoms with Crippen LogP contribution in [0.5, 0.6) is 5.75 Å². The van der Waals surface area contributed by atoms with E-state index in [1.165, 1.54) is 54.6 Å². The smallest absolute Gasteiger partial charge is 0.404 e. The number of phosphoric acid groups is 1. The van der Waals surface area contributed by atoms with E-state index < -0.39 is 31.5 Å². The second-order valence-corrected chi connectivity index (χ2v) is 9.32. The minimum atomic E-state index is -4.71. The molecule has 0 spiro atoms. The second-order valence-electron chi connectivity index (χ2n) is 8.15. The highest BCUT2D eigenvalue weighted by Crippen LogP contribution is 2.37. The Balaban J connectivity index is 1.71. The number of aryl methyl sites for hydroxylation is 1. The Hall–Kier alpha value is -3.59. The van der Waals surface area contributed by atoms with Crippen molar-refractivity contribution in [1.29, 1.82) is 0 Å². The number of nitrogens with one attached hydrogen (secondary N) is 2. The summed E-state index contributed by atoms with van der Waals surface area (Å²) >= 11 is 0. The zero-order valence-electron chi connectivity index (χ0n) is 19.3. The van der Waals surface area contributed by atoms with Gasteiger partial charge in [0.05, 0.1) is 6.42 Å². The molecule has 4 N–H and O–H groups in total. The molecule has 2 amide bonds. The van der Waals surface area contributed by atoms with Crippen LogP contribution in [-0.4, -0.2) is 27.6 Å². The summed E-state index contributed by atoms with van der Waals surface area (Å²) in [4.78, 5) is 43.5. The molecule has 0 fully saturated rings. The van der Waals surface area contributed by atoms with Crippen LogP contribution < -0.4 is 15.2 Å². The van der Waals surface area contributed by atoms with E-state index in [4.69, 9.17) is 9.79 Å². The molecule has 3 rings (SSSR count). The second kappa shape index (κ2) is 11.9. The van der Waals surface area contributed by atoms with Crippen molar-refractivity contribution >= 4 is 19.6 Å². The summed E-state index contributed by atoms with van der Waals surface area (Å²) in [5.74, 6) is -1.79. The lowest BCUT2D eigenvalue weighted by atomic mass is 10.0. The van der Waals surface area contributed by atoms with Gasteiger partial charge in [-0.2, -0.15) is 0 Å². The van der Waals surface area contributed by atoms with Crippen molar-refractivity contribution < 1.29 is 37.2 Å². The number of carbonyl (C=O) groups is 2. The summed E-state index contributed by atoms with van der Waals surface area (Å²) in [6.07, 6.45) is -0.00406. The highest BCUT2D eigenvalue weighted by Gasteiger charge is 2.22. The molecule has 3 aromatic rings. The number of hydrogen-bond acceptors (Lipinski definition) is 4. The van der Waals surface area contributed by atoms with Gasteiger partial charge in [-0.25, -0.2) is 13.3 Å². The Morgan fingerprint density at radius 3 is 2.17 bits per heavy atom. The number of halogens is 2. The zero-order chi connectivity index (χ0) is 26.3. The SMILES string of the molecule is Cc1cc(CNC(=O)[C@H](Cc2ccc(OP(=O)(O)O)cc2)NC(=O)Cc2ccc(F)cc2)ccc1F. The maximum Gasteiger partial charge on any atom is 0.524 e. The van der Waals surface area contributed by atoms with E-state index in [2.05, 4.69) is 15.2 Å². The van der Waals surface area contributed by atoms with Crippen LogP contribution in [0.4, 0.5) is 8.78 Å². The maximum atomic E-state index is 13.5. The highest BCUT2D eigenvalue weighted by atomic mass is 31.2. The van der Waals surface area contributed by atoms with Gasteiger partial charge in [0.25, 0.3) is 0 Å². The number of hydrogen-bond donors (Lipinski definition) is 4. The van der Waals surface area contributed by atoms with Gasteiger partial charge in [0.15, 0.2) is 0 Å². The van der Waals surface area contributed by atoms with Crippen LogP contribution in [0.15, 0.2) is 66.7 Å². The van der Waals surface area contributed by atoms with Gasteiger partial charge in [0.2, 0.25) is 11.8 Å². The molecular formula is C25H25F2N2O6P. The van der Waals surface area contributed by atoms with Crippen LogP contribution in [0.2, 0.25) is 0 Å². The molecule has 11 heteroatoms. The molecule has 0 radical (unpaired) electrons. The van der Waals surface area contributed by atoms with E-state index in [1.807, 2.05) is 0 Å². The molecule has 0 saturated carbocycles. The molecular weight excluding hydrogens is 493 g/mol. The Morgan fingerprint density at radius 1 is 0.944 bits per heavy atom. The van der Waals surface area contributed by atoms with E-state index in [-0.39, 0.29) is 31.0 Å². The lowest BCUT2D eigenvalue weighted by Gasteiger charge is -2.19. The van der Waals surface area contributed by atoms with E-state index in [0.29, 0.717) is 22.3 Å².